The fraction of sp³-hybridized carbons (Fsp3) is 0.250. The first-order valence-corrected chi connectivity index (χ1v) is 4.61. The second-order valence-corrected chi connectivity index (χ2v) is 3.88. The van der Waals surface area contributed by atoms with Crippen molar-refractivity contribution in [2.45, 2.75) is 6.42 Å². The number of fused-ring (bicyclic) bond motifs is 4. The van der Waals surface area contributed by atoms with Crippen LogP contribution in [-0.4, -0.2) is 5.78 Å². The Labute approximate surface area is 77.1 Å². The monoisotopic (exact) mass is 170 g/mol. The largest absolute Gasteiger partial charge is 0.290 e. The molecule has 3 aliphatic rings. The second-order valence-electron chi connectivity index (χ2n) is 3.88. The lowest BCUT2D eigenvalue weighted by Gasteiger charge is -2.17. The Balaban J connectivity index is 2.19. The third-order valence-corrected chi connectivity index (χ3v) is 3.16. The highest BCUT2D eigenvalue weighted by Gasteiger charge is 2.39. The smallest absolute Gasteiger partial charge is 0.182 e. The van der Waals surface area contributed by atoms with Gasteiger partial charge in [0.2, 0.25) is 0 Å². The molecule has 1 heteroatoms. The third-order valence-electron chi connectivity index (χ3n) is 3.16. The first-order chi connectivity index (χ1) is 6.27. The summed E-state index contributed by atoms with van der Waals surface area (Å²) in [5.74, 6) is 1.05. The summed E-state index contributed by atoms with van der Waals surface area (Å²) in [5.41, 5.74) is 3.26. The maximum Gasteiger partial charge on any atom is 0.182 e. The maximum absolute atomic E-state index is 11.6. The molecule has 0 fully saturated rings. The van der Waals surface area contributed by atoms with Crippen molar-refractivity contribution in [3.8, 4) is 0 Å². The van der Waals surface area contributed by atoms with E-state index in [2.05, 4.69) is 18.7 Å². The molecule has 0 N–H and O–H groups in total. The van der Waals surface area contributed by atoms with Crippen molar-refractivity contribution in [2.24, 2.45) is 11.8 Å². The summed E-state index contributed by atoms with van der Waals surface area (Å²) in [7, 11) is 0. The Kier molecular flexibility index (Phi) is 1.15. The van der Waals surface area contributed by atoms with Gasteiger partial charge in [0.05, 0.1) is 0 Å². The average molecular weight is 170 g/mol. The number of ketones is 1. The van der Waals surface area contributed by atoms with Crippen LogP contribution >= 0.6 is 0 Å². The molecule has 0 aromatic rings. The standard InChI is InChI=1S/C12H10O/c1-7-2-5-10(13)12-9-4-3-8(6-9)11(7)12/h2-5,8-9H,1,6H2. The highest BCUT2D eigenvalue weighted by atomic mass is 16.1. The Morgan fingerprint density at radius 2 is 1.85 bits per heavy atom. The Hall–Kier alpha value is -1.37. The fourth-order valence-electron chi connectivity index (χ4n) is 2.61. The highest BCUT2D eigenvalue weighted by molar-refractivity contribution is 6.08. The van der Waals surface area contributed by atoms with Gasteiger partial charge >= 0.3 is 0 Å². The van der Waals surface area contributed by atoms with E-state index in [0.717, 1.165) is 17.6 Å². The van der Waals surface area contributed by atoms with Crippen LogP contribution in [0.5, 0.6) is 0 Å². The SMILES string of the molecule is C=C1C=CC(=O)C2=C1C1C=CC2C1. The molecular weight excluding hydrogens is 160 g/mol. The van der Waals surface area contributed by atoms with Crippen LogP contribution in [0.2, 0.25) is 0 Å². The van der Waals surface area contributed by atoms with Crippen LogP contribution in [0.15, 0.2) is 47.6 Å². The Morgan fingerprint density at radius 1 is 1.15 bits per heavy atom. The molecule has 0 heterocycles. The van der Waals surface area contributed by atoms with Crippen molar-refractivity contribution in [2.75, 3.05) is 0 Å². The molecule has 2 bridgehead atoms. The van der Waals surface area contributed by atoms with Crippen molar-refractivity contribution in [1.82, 2.24) is 0 Å². The van der Waals surface area contributed by atoms with Gasteiger partial charge in [0.1, 0.15) is 0 Å². The van der Waals surface area contributed by atoms with Gasteiger partial charge in [-0.2, -0.15) is 0 Å². The summed E-state index contributed by atoms with van der Waals surface area (Å²) in [6.07, 6.45) is 8.96. The molecule has 0 saturated heterocycles. The van der Waals surface area contributed by atoms with E-state index in [-0.39, 0.29) is 5.78 Å². The van der Waals surface area contributed by atoms with E-state index in [4.69, 9.17) is 0 Å². The summed E-state index contributed by atoms with van der Waals surface area (Å²) in [5, 5.41) is 0. The lowest BCUT2D eigenvalue weighted by Crippen LogP contribution is -2.12. The van der Waals surface area contributed by atoms with E-state index in [1.807, 2.05) is 6.08 Å². The molecule has 3 aliphatic carbocycles. The van der Waals surface area contributed by atoms with Crippen LogP contribution in [0.1, 0.15) is 6.42 Å². The minimum absolute atomic E-state index is 0.194. The summed E-state index contributed by atoms with van der Waals surface area (Å²) >= 11 is 0. The predicted octanol–water partition coefficient (Wildman–Crippen LogP) is 2.18. The lowest BCUT2D eigenvalue weighted by molar-refractivity contribution is -0.111. The number of hydrogen-bond acceptors (Lipinski definition) is 1. The Bertz CT molecular complexity index is 371. The molecule has 2 unspecified atom stereocenters. The van der Waals surface area contributed by atoms with Gasteiger partial charge in [-0.25, -0.2) is 0 Å². The fourth-order valence-corrected chi connectivity index (χ4v) is 2.61. The molecule has 0 amide bonds. The molecule has 0 aromatic heterocycles. The molecule has 3 rings (SSSR count). The number of carbonyl (C=O) groups is 1. The van der Waals surface area contributed by atoms with E-state index in [0.29, 0.717) is 11.8 Å². The average Bonchev–Trinajstić information content (AvgIpc) is 2.70. The van der Waals surface area contributed by atoms with Crippen molar-refractivity contribution in [3.05, 3.63) is 47.6 Å². The van der Waals surface area contributed by atoms with Crippen LogP contribution in [-0.2, 0) is 4.79 Å². The van der Waals surface area contributed by atoms with Crippen LogP contribution < -0.4 is 0 Å². The molecule has 13 heavy (non-hydrogen) atoms. The summed E-state index contributed by atoms with van der Waals surface area (Å²) < 4.78 is 0. The number of rotatable bonds is 0. The Morgan fingerprint density at radius 3 is 2.54 bits per heavy atom. The number of carbonyl (C=O) groups excluding carboxylic acids is 1. The zero-order valence-electron chi connectivity index (χ0n) is 7.29. The molecule has 2 atom stereocenters. The van der Waals surface area contributed by atoms with Crippen LogP contribution in [0.25, 0.3) is 0 Å². The summed E-state index contributed by atoms with van der Waals surface area (Å²) in [4.78, 5) is 11.6. The maximum atomic E-state index is 11.6. The minimum atomic E-state index is 0.194. The predicted molar refractivity (Wildman–Crippen MR) is 51.1 cm³/mol. The topological polar surface area (TPSA) is 17.1 Å². The zero-order chi connectivity index (χ0) is 9.00. The van der Waals surface area contributed by atoms with E-state index in [1.54, 1.807) is 6.08 Å². The zero-order valence-corrected chi connectivity index (χ0v) is 7.29. The van der Waals surface area contributed by atoms with Gasteiger partial charge in [-0.05, 0) is 23.6 Å². The molecule has 1 nitrogen and oxygen atoms in total. The molecule has 0 aromatic carbocycles. The lowest BCUT2D eigenvalue weighted by atomic mass is 9.86. The van der Waals surface area contributed by atoms with Crippen molar-refractivity contribution in [1.29, 1.82) is 0 Å². The van der Waals surface area contributed by atoms with Crippen LogP contribution in [0.4, 0.5) is 0 Å². The van der Waals surface area contributed by atoms with Gasteiger partial charge in [-0.1, -0.05) is 24.8 Å². The van der Waals surface area contributed by atoms with Gasteiger partial charge in [-0.3, -0.25) is 4.79 Å². The van der Waals surface area contributed by atoms with Crippen molar-refractivity contribution in [3.63, 3.8) is 0 Å². The van der Waals surface area contributed by atoms with E-state index >= 15 is 0 Å². The quantitative estimate of drug-likeness (QED) is 0.509. The van der Waals surface area contributed by atoms with E-state index in [9.17, 15) is 4.79 Å². The third kappa shape index (κ3) is 0.744. The van der Waals surface area contributed by atoms with Crippen molar-refractivity contribution < 1.29 is 4.79 Å². The van der Waals surface area contributed by atoms with Crippen LogP contribution in [0.3, 0.4) is 0 Å². The molecular formula is C12H10O. The highest BCUT2D eigenvalue weighted by Crippen LogP contribution is 2.48. The van der Waals surface area contributed by atoms with Crippen molar-refractivity contribution >= 4 is 5.78 Å². The van der Waals surface area contributed by atoms with E-state index in [1.165, 1.54) is 5.57 Å². The molecule has 0 spiro atoms. The first kappa shape index (κ1) is 7.07. The summed E-state index contributed by atoms with van der Waals surface area (Å²) in [6, 6.07) is 0. The van der Waals surface area contributed by atoms with Gasteiger partial charge in [-0.15, -0.1) is 0 Å². The normalized spacial score (nSPS) is 34.8. The molecule has 64 valence electrons. The number of hydrogen-bond donors (Lipinski definition) is 0. The van der Waals surface area contributed by atoms with E-state index < -0.39 is 0 Å². The number of allylic oxidation sites excluding steroid dienone is 7. The van der Waals surface area contributed by atoms with Gasteiger partial charge in [0.25, 0.3) is 0 Å². The first-order valence-electron chi connectivity index (χ1n) is 4.61. The molecule has 0 saturated carbocycles. The van der Waals surface area contributed by atoms with Gasteiger partial charge in [0, 0.05) is 17.4 Å². The second kappa shape index (κ2) is 2.11. The molecule has 0 radical (unpaired) electrons. The van der Waals surface area contributed by atoms with Gasteiger partial charge < -0.3 is 0 Å². The van der Waals surface area contributed by atoms with Gasteiger partial charge in [0.15, 0.2) is 5.78 Å². The van der Waals surface area contributed by atoms with Crippen LogP contribution in [0, 0.1) is 11.8 Å². The molecule has 0 aliphatic heterocycles. The summed E-state index contributed by atoms with van der Waals surface area (Å²) in [6.45, 7) is 3.98. The minimum Gasteiger partial charge on any atom is -0.290 e.